The van der Waals surface area contributed by atoms with Gasteiger partial charge in [0.2, 0.25) is 0 Å². The van der Waals surface area contributed by atoms with Crippen LogP contribution < -0.4 is 0 Å². The van der Waals surface area contributed by atoms with E-state index in [9.17, 15) is 0 Å². The van der Waals surface area contributed by atoms with Crippen LogP contribution in [0.25, 0.3) is 0 Å². The number of aliphatic hydroxyl groups excluding tert-OH is 1. The molecule has 0 spiro atoms. The van der Waals surface area contributed by atoms with Crippen LogP contribution in [0.2, 0.25) is 0 Å². The maximum atomic E-state index is 8.87. The fourth-order valence-corrected chi connectivity index (χ4v) is 0.667. The van der Waals surface area contributed by atoms with Crippen LogP contribution in [0.5, 0.6) is 11.5 Å². The lowest BCUT2D eigenvalue weighted by Gasteiger charge is -1.98. The molecule has 3 nitrogen and oxygen atoms in total. The van der Waals surface area contributed by atoms with Gasteiger partial charge in [0.05, 0.1) is 6.61 Å². The molecule has 0 aliphatic heterocycles. The average Bonchev–Trinajstić information content (AvgIpc) is 1.95. The number of hydrogen-bond donors (Lipinski definition) is 3. The highest BCUT2D eigenvalue weighted by Gasteiger charge is 1.97. The summed E-state index contributed by atoms with van der Waals surface area (Å²) in [4.78, 5) is 0. The van der Waals surface area contributed by atoms with Gasteiger partial charge in [-0.2, -0.15) is 0 Å². The number of aromatic hydroxyl groups is 2. The molecule has 1 aromatic carbocycles. The molecule has 11 heavy (non-hydrogen) atoms. The first-order valence-corrected chi connectivity index (χ1v) is 2.86. The third-order valence-corrected chi connectivity index (χ3v) is 1.22. The largest absolute Gasteiger partial charge is 0.504 e. The van der Waals surface area contributed by atoms with Gasteiger partial charge >= 0.3 is 0 Å². The zero-order valence-electron chi connectivity index (χ0n) is 5.69. The minimum Gasteiger partial charge on any atom is -0.504 e. The highest BCUT2D eigenvalue weighted by Crippen LogP contribution is 2.24. The van der Waals surface area contributed by atoms with Gasteiger partial charge in [0.15, 0.2) is 11.5 Å². The van der Waals surface area contributed by atoms with E-state index in [1.807, 2.05) is 0 Å². The van der Waals surface area contributed by atoms with Gasteiger partial charge in [0.25, 0.3) is 0 Å². The molecule has 0 atom stereocenters. The predicted molar refractivity (Wildman–Crippen MR) is 42.9 cm³/mol. The van der Waals surface area contributed by atoms with Crippen LogP contribution in [-0.2, 0) is 6.61 Å². The van der Waals surface area contributed by atoms with Crippen LogP contribution in [0.4, 0.5) is 0 Å². The highest BCUT2D eigenvalue weighted by atomic mass is 35.5. The van der Waals surface area contributed by atoms with Crippen molar-refractivity contribution in [3.8, 4) is 11.5 Å². The topological polar surface area (TPSA) is 60.7 Å². The Morgan fingerprint density at radius 3 is 2.18 bits per heavy atom. The second kappa shape index (κ2) is 4.05. The van der Waals surface area contributed by atoms with E-state index in [-0.39, 0.29) is 30.5 Å². The van der Waals surface area contributed by atoms with Crippen molar-refractivity contribution in [2.75, 3.05) is 0 Å². The van der Waals surface area contributed by atoms with Gasteiger partial charge in [0.1, 0.15) is 0 Å². The molecule has 3 N–H and O–H groups in total. The van der Waals surface area contributed by atoms with Crippen LogP contribution in [0.1, 0.15) is 5.56 Å². The first-order chi connectivity index (χ1) is 4.74. The summed E-state index contributed by atoms with van der Waals surface area (Å²) in [6.07, 6.45) is 0. The summed E-state index contributed by atoms with van der Waals surface area (Å²) in [6, 6.07) is 4.19. The number of rotatable bonds is 1. The molecule has 0 aliphatic carbocycles. The molecule has 0 amide bonds. The summed E-state index contributed by atoms with van der Waals surface area (Å²) in [5.41, 5.74) is 0.579. The van der Waals surface area contributed by atoms with Crippen molar-refractivity contribution in [1.29, 1.82) is 0 Å². The molecule has 1 aromatic rings. The summed E-state index contributed by atoms with van der Waals surface area (Å²) >= 11 is 0. The van der Waals surface area contributed by atoms with Crippen molar-refractivity contribution >= 4 is 12.4 Å². The van der Waals surface area contributed by atoms with Crippen molar-refractivity contribution in [2.24, 2.45) is 0 Å². The van der Waals surface area contributed by atoms with Gasteiger partial charge in [0, 0.05) is 0 Å². The van der Waals surface area contributed by atoms with E-state index in [0.717, 1.165) is 0 Å². The Morgan fingerprint density at radius 1 is 1.09 bits per heavy atom. The molecule has 62 valence electrons. The number of halogens is 1. The molecule has 0 aliphatic rings. The van der Waals surface area contributed by atoms with Gasteiger partial charge in [-0.25, -0.2) is 0 Å². The fourth-order valence-electron chi connectivity index (χ4n) is 0.667. The Balaban J connectivity index is 0.000001000. The van der Waals surface area contributed by atoms with Crippen LogP contribution in [-0.4, -0.2) is 15.3 Å². The highest BCUT2D eigenvalue weighted by molar-refractivity contribution is 5.85. The van der Waals surface area contributed by atoms with Crippen LogP contribution in [0.3, 0.4) is 0 Å². The van der Waals surface area contributed by atoms with E-state index < -0.39 is 0 Å². The fraction of sp³-hybridized carbons (Fsp3) is 0.143. The molecule has 0 heterocycles. The van der Waals surface area contributed by atoms with Crippen molar-refractivity contribution < 1.29 is 15.3 Å². The third-order valence-electron chi connectivity index (χ3n) is 1.22. The summed E-state index contributed by atoms with van der Waals surface area (Å²) in [5, 5.41) is 26.2. The predicted octanol–water partition coefficient (Wildman–Crippen LogP) is 1.01. The third kappa shape index (κ3) is 2.29. The Kier molecular flexibility index (Phi) is 3.71. The van der Waals surface area contributed by atoms with E-state index in [0.29, 0.717) is 5.56 Å². The van der Waals surface area contributed by atoms with E-state index >= 15 is 0 Å². The smallest absolute Gasteiger partial charge is 0.157 e. The number of phenolic OH excluding ortho intramolecular Hbond substituents is 2. The molecular formula is C7H9ClO3. The first-order valence-electron chi connectivity index (χ1n) is 2.86. The van der Waals surface area contributed by atoms with E-state index in [2.05, 4.69) is 0 Å². The lowest BCUT2D eigenvalue weighted by molar-refractivity contribution is 0.280. The molecule has 1 rings (SSSR count). The Morgan fingerprint density at radius 2 is 1.73 bits per heavy atom. The van der Waals surface area contributed by atoms with E-state index in [4.69, 9.17) is 15.3 Å². The molecule has 0 aromatic heterocycles. The first kappa shape index (κ1) is 10.1. The lowest BCUT2D eigenvalue weighted by atomic mass is 10.2. The van der Waals surface area contributed by atoms with Gasteiger partial charge < -0.3 is 15.3 Å². The summed E-state index contributed by atoms with van der Waals surface area (Å²) in [6.45, 7) is -0.131. The Hall–Kier alpha value is -0.930. The minimum absolute atomic E-state index is 0. The zero-order chi connectivity index (χ0) is 7.56. The number of benzene rings is 1. The molecule has 0 radical (unpaired) electrons. The Labute approximate surface area is 70.3 Å². The molecule has 4 heteroatoms. The monoisotopic (exact) mass is 176 g/mol. The number of hydrogen-bond acceptors (Lipinski definition) is 3. The van der Waals surface area contributed by atoms with Gasteiger partial charge in [-0.05, 0) is 17.7 Å². The summed E-state index contributed by atoms with van der Waals surface area (Å²) < 4.78 is 0. The zero-order valence-corrected chi connectivity index (χ0v) is 6.51. The maximum Gasteiger partial charge on any atom is 0.157 e. The standard InChI is InChI=1S/C7H8O3.ClH/c8-4-5-1-2-6(9)7(10)3-5;/h1-3,8-10H,4H2;1H. The lowest BCUT2D eigenvalue weighted by Crippen LogP contribution is -1.80. The molecule has 0 saturated carbocycles. The molecule has 0 bridgehead atoms. The summed E-state index contributed by atoms with van der Waals surface area (Å²) in [7, 11) is 0. The SMILES string of the molecule is Cl.OCc1ccc(O)c(O)c1. The van der Waals surface area contributed by atoms with Crippen LogP contribution >= 0.6 is 12.4 Å². The second-order valence-corrected chi connectivity index (χ2v) is 1.98. The number of phenols is 2. The normalized spacial score (nSPS) is 8.82. The van der Waals surface area contributed by atoms with Crippen LogP contribution in [0, 0.1) is 0 Å². The maximum absolute atomic E-state index is 8.87. The van der Waals surface area contributed by atoms with E-state index in [1.165, 1.54) is 18.2 Å². The Bertz CT molecular complexity index is 237. The summed E-state index contributed by atoms with van der Waals surface area (Å²) in [5.74, 6) is -0.372. The molecule has 0 unspecified atom stereocenters. The van der Waals surface area contributed by atoms with Crippen LogP contribution in [0.15, 0.2) is 18.2 Å². The van der Waals surface area contributed by atoms with Crippen molar-refractivity contribution in [1.82, 2.24) is 0 Å². The van der Waals surface area contributed by atoms with Gasteiger partial charge in [-0.1, -0.05) is 6.07 Å². The van der Waals surface area contributed by atoms with Gasteiger partial charge in [-0.3, -0.25) is 0 Å². The quantitative estimate of drug-likeness (QED) is 0.560. The van der Waals surface area contributed by atoms with E-state index in [1.54, 1.807) is 0 Å². The van der Waals surface area contributed by atoms with Crippen molar-refractivity contribution in [3.63, 3.8) is 0 Å². The number of aliphatic hydroxyl groups is 1. The minimum atomic E-state index is -0.202. The van der Waals surface area contributed by atoms with Gasteiger partial charge in [-0.15, -0.1) is 12.4 Å². The molecule has 0 fully saturated rings. The average molecular weight is 177 g/mol. The van der Waals surface area contributed by atoms with Crippen molar-refractivity contribution in [2.45, 2.75) is 6.61 Å². The molecule has 0 saturated heterocycles. The van der Waals surface area contributed by atoms with Crippen molar-refractivity contribution in [3.05, 3.63) is 23.8 Å². The molecular weight excluding hydrogens is 168 g/mol. The second-order valence-electron chi connectivity index (χ2n) is 1.98.